The molecule has 0 unspecified atom stereocenters. The van der Waals surface area contributed by atoms with Crippen LogP contribution in [0.25, 0.3) is 0 Å². The Morgan fingerprint density at radius 1 is 1.21 bits per heavy atom. The molecule has 0 bridgehead atoms. The maximum Gasteiger partial charge on any atom is 0.222 e. The van der Waals surface area contributed by atoms with Gasteiger partial charge in [-0.1, -0.05) is 30.3 Å². The van der Waals surface area contributed by atoms with Gasteiger partial charge in [-0.3, -0.25) is 4.79 Å². The first-order valence-corrected chi connectivity index (χ1v) is 6.82. The summed E-state index contributed by atoms with van der Waals surface area (Å²) in [7, 11) is 0. The summed E-state index contributed by atoms with van der Waals surface area (Å²) in [6.07, 6.45) is 3.19. The Hall–Kier alpha value is -1.06. The van der Waals surface area contributed by atoms with Gasteiger partial charge in [0.15, 0.2) is 0 Å². The third kappa shape index (κ3) is 3.28. The molecule has 19 heavy (non-hydrogen) atoms. The fourth-order valence-electron chi connectivity index (χ4n) is 2.78. The molecule has 3 rings (SSSR count). The summed E-state index contributed by atoms with van der Waals surface area (Å²) in [5.41, 5.74) is 7.45. The summed E-state index contributed by atoms with van der Waals surface area (Å²) in [4.78, 5) is 14.0. The largest absolute Gasteiger partial charge is 0.340 e. The van der Waals surface area contributed by atoms with E-state index in [-0.39, 0.29) is 18.4 Å². The van der Waals surface area contributed by atoms with E-state index < -0.39 is 0 Å². The molecule has 1 saturated heterocycles. The van der Waals surface area contributed by atoms with Crippen LogP contribution < -0.4 is 5.73 Å². The van der Waals surface area contributed by atoms with E-state index in [1.165, 1.54) is 18.4 Å². The highest BCUT2D eigenvalue weighted by Crippen LogP contribution is 2.34. The minimum Gasteiger partial charge on any atom is -0.340 e. The highest BCUT2D eigenvalue weighted by atomic mass is 35.5. The quantitative estimate of drug-likeness (QED) is 0.922. The van der Waals surface area contributed by atoms with Gasteiger partial charge in [-0.05, 0) is 24.3 Å². The normalized spacial score (nSPS) is 26.1. The molecule has 0 aromatic heterocycles. The summed E-state index contributed by atoms with van der Waals surface area (Å²) in [6.45, 7) is 1.50. The maximum absolute atomic E-state index is 12.1. The first-order valence-electron chi connectivity index (χ1n) is 6.82. The number of likely N-dealkylation sites (tertiary alicyclic amines) is 1. The molecule has 2 fully saturated rings. The zero-order valence-corrected chi connectivity index (χ0v) is 11.8. The SMILES string of the molecule is Cl.N[C@@H]1CN(C(=O)CC2CC2)C[C@H]1c1ccccc1. The van der Waals surface area contributed by atoms with E-state index in [1.807, 2.05) is 23.1 Å². The van der Waals surface area contributed by atoms with Crippen molar-refractivity contribution < 1.29 is 4.79 Å². The van der Waals surface area contributed by atoms with Gasteiger partial charge in [-0.15, -0.1) is 12.4 Å². The van der Waals surface area contributed by atoms with Crippen molar-refractivity contribution in [3.05, 3.63) is 35.9 Å². The van der Waals surface area contributed by atoms with Crippen LogP contribution in [-0.2, 0) is 4.79 Å². The number of carbonyl (C=O) groups excluding carboxylic acids is 1. The number of nitrogens with zero attached hydrogens (tertiary/aromatic N) is 1. The van der Waals surface area contributed by atoms with Crippen LogP contribution in [-0.4, -0.2) is 29.9 Å². The molecule has 2 atom stereocenters. The van der Waals surface area contributed by atoms with Gasteiger partial charge >= 0.3 is 0 Å². The monoisotopic (exact) mass is 280 g/mol. The van der Waals surface area contributed by atoms with Crippen molar-refractivity contribution >= 4 is 18.3 Å². The second-order valence-electron chi connectivity index (χ2n) is 5.63. The van der Waals surface area contributed by atoms with Gasteiger partial charge < -0.3 is 10.6 Å². The number of nitrogens with two attached hydrogens (primary N) is 1. The van der Waals surface area contributed by atoms with Crippen LogP contribution in [0.2, 0.25) is 0 Å². The zero-order valence-electron chi connectivity index (χ0n) is 11.0. The summed E-state index contributed by atoms with van der Waals surface area (Å²) >= 11 is 0. The van der Waals surface area contributed by atoms with Crippen molar-refractivity contribution in [2.75, 3.05) is 13.1 Å². The number of rotatable bonds is 3. The van der Waals surface area contributed by atoms with Crippen molar-refractivity contribution in [2.45, 2.75) is 31.2 Å². The summed E-state index contributed by atoms with van der Waals surface area (Å²) in [5.74, 6) is 1.25. The first-order chi connectivity index (χ1) is 8.74. The minimum atomic E-state index is 0. The number of benzene rings is 1. The average molecular weight is 281 g/mol. The topological polar surface area (TPSA) is 46.3 Å². The molecule has 104 valence electrons. The first kappa shape index (κ1) is 14.4. The zero-order chi connectivity index (χ0) is 12.5. The van der Waals surface area contributed by atoms with Gasteiger partial charge in [0.2, 0.25) is 5.91 Å². The second kappa shape index (κ2) is 5.93. The Labute approximate surface area is 120 Å². The minimum absolute atomic E-state index is 0. The number of hydrogen-bond donors (Lipinski definition) is 1. The van der Waals surface area contributed by atoms with Crippen LogP contribution in [0, 0.1) is 5.92 Å². The van der Waals surface area contributed by atoms with E-state index in [0.717, 1.165) is 13.0 Å². The summed E-state index contributed by atoms with van der Waals surface area (Å²) in [5, 5.41) is 0. The third-order valence-electron chi connectivity index (χ3n) is 4.11. The molecule has 1 saturated carbocycles. The molecule has 2 aliphatic rings. The highest BCUT2D eigenvalue weighted by Gasteiger charge is 2.35. The van der Waals surface area contributed by atoms with E-state index in [4.69, 9.17) is 5.73 Å². The number of carbonyl (C=O) groups is 1. The van der Waals surface area contributed by atoms with Gasteiger partial charge in [0.25, 0.3) is 0 Å². The molecule has 0 spiro atoms. The number of halogens is 1. The molecule has 1 aliphatic heterocycles. The Balaban J connectivity index is 0.00000133. The lowest BCUT2D eigenvalue weighted by Crippen LogP contribution is -2.32. The standard InChI is InChI=1S/C15H20N2O.ClH/c16-14-10-17(15(18)8-11-6-7-11)9-13(14)12-4-2-1-3-5-12;/h1-5,11,13-14H,6-10,16H2;1H/t13-,14+;/m0./s1. The van der Waals surface area contributed by atoms with Crippen LogP contribution in [0.1, 0.15) is 30.7 Å². The molecule has 1 amide bonds. The lowest BCUT2D eigenvalue weighted by molar-refractivity contribution is -0.130. The van der Waals surface area contributed by atoms with E-state index >= 15 is 0 Å². The van der Waals surface area contributed by atoms with Crippen LogP contribution >= 0.6 is 12.4 Å². The number of hydrogen-bond acceptors (Lipinski definition) is 2. The van der Waals surface area contributed by atoms with Crippen LogP contribution in [0.5, 0.6) is 0 Å². The van der Waals surface area contributed by atoms with E-state index in [2.05, 4.69) is 12.1 Å². The molecular weight excluding hydrogens is 260 g/mol. The van der Waals surface area contributed by atoms with Crippen molar-refractivity contribution in [1.82, 2.24) is 4.90 Å². The van der Waals surface area contributed by atoms with Gasteiger partial charge in [-0.2, -0.15) is 0 Å². The van der Waals surface area contributed by atoms with Gasteiger partial charge in [-0.25, -0.2) is 0 Å². The van der Waals surface area contributed by atoms with E-state index in [1.54, 1.807) is 0 Å². The Morgan fingerprint density at radius 2 is 1.89 bits per heavy atom. The number of amides is 1. The predicted octanol–water partition coefficient (Wildman–Crippen LogP) is 2.16. The summed E-state index contributed by atoms with van der Waals surface area (Å²) < 4.78 is 0. The molecule has 3 nitrogen and oxygen atoms in total. The molecule has 1 aromatic rings. The third-order valence-corrected chi connectivity index (χ3v) is 4.11. The van der Waals surface area contributed by atoms with Gasteiger partial charge in [0, 0.05) is 31.5 Å². The van der Waals surface area contributed by atoms with Crippen LogP contribution in [0.3, 0.4) is 0 Å². The van der Waals surface area contributed by atoms with E-state index in [0.29, 0.717) is 24.3 Å². The van der Waals surface area contributed by atoms with Crippen LogP contribution in [0.15, 0.2) is 30.3 Å². The Bertz CT molecular complexity index is 433. The molecule has 1 aromatic carbocycles. The predicted molar refractivity (Wildman–Crippen MR) is 78.3 cm³/mol. The lowest BCUT2D eigenvalue weighted by atomic mass is 9.95. The highest BCUT2D eigenvalue weighted by molar-refractivity contribution is 5.85. The van der Waals surface area contributed by atoms with Crippen molar-refractivity contribution in [3.8, 4) is 0 Å². The molecule has 4 heteroatoms. The van der Waals surface area contributed by atoms with Crippen molar-refractivity contribution in [1.29, 1.82) is 0 Å². The maximum atomic E-state index is 12.1. The lowest BCUT2D eigenvalue weighted by Gasteiger charge is -2.16. The van der Waals surface area contributed by atoms with Gasteiger partial charge in [0.1, 0.15) is 0 Å². The smallest absolute Gasteiger partial charge is 0.222 e. The second-order valence-corrected chi connectivity index (χ2v) is 5.63. The molecule has 2 N–H and O–H groups in total. The fraction of sp³-hybridized carbons (Fsp3) is 0.533. The summed E-state index contributed by atoms with van der Waals surface area (Å²) in [6, 6.07) is 10.4. The molecular formula is C15H21ClN2O. The Kier molecular flexibility index (Phi) is 4.48. The molecule has 1 aliphatic carbocycles. The van der Waals surface area contributed by atoms with Crippen LogP contribution in [0.4, 0.5) is 0 Å². The van der Waals surface area contributed by atoms with Crippen molar-refractivity contribution in [2.24, 2.45) is 11.7 Å². The fourth-order valence-corrected chi connectivity index (χ4v) is 2.78. The Morgan fingerprint density at radius 3 is 2.53 bits per heavy atom. The average Bonchev–Trinajstić information content (AvgIpc) is 3.10. The molecule has 0 radical (unpaired) electrons. The van der Waals surface area contributed by atoms with Crippen molar-refractivity contribution in [3.63, 3.8) is 0 Å². The molecule has 1 heterocycles. The van der Waals surface area contributed by atoms with Gasteiger partial charge in [0.05, 0.1) is 0 Å². The van der Waals surface area contributed by atoms with E-state index in [9.17, 15) is 4.79 Å².